The Hall–Kier alpha value is -1.13. The third-order valence-corrected chi connectivity index (χ3v) is 3.66. The van der Waals surface area contributed by atoms with Crippen molar-refractivity contribution in [3.05, 3.63) is 39.7 Å². The molecular weight excluding hydrogens is 220 g/mol. The van der Waals surface area contributed by atoms with Crippen LogP contribution in [0.4, 0.5) is 0 Å². The van der Waals surface area contributed by atoms with Crippen molar-refractivity contribution >= 4 is 11.3 Å². The van der Waals surface area contributed by atoms with Gasteiger partial charge < -0.3 is 9.73 Å². The standard InChI is InChI=1S/C12H16N2OS/c1-8-10(3)15-12(14-8)7-13-9(2)11-5-4-6-16-11/h4-6,9,13H,7H2,1-3H3/t9-/m0/s1. The fraction of sp³-hybridized carbons (Fsp3) is 0.417. The van der Waals surface area contributed by atoms with Gasteiger partial charge in [0.2, 0.25) is 5.89 Å². The van der Waals surface area contributed by atoms with Gasteiger partial charge in [-0.2, -0.15) is 0 Å². The van der Waals surface area contributed by atoms with E-state index in [0.717, 1.165) is 17.3 Å². The number of nitrogens with zero attached hydrogens (tertiary/aromatic N) is 1. The summed E-state index contributed by atoms with van der Waals surface area (Å²) in [6.07, 6.45) is 0. The van der Waals surface area contributed by atoms with Crippen molar-refractivity contribution in [2.75, 3.05) is 0 Å². The maximum atomic E-state index is 5.51. The van der Waals surface area contributed by atoms with Crippen LogP contribution >= 0.6 is 11.3 Å². The molecule has 0 aliphatic heterocycles. The van der Waals surface area contributed by atoms with Gasteiger partial charge in [0.25, 0.3) is 0 Å². The molecule has 2 aromatic rings. The highest BCUT2D eigenvalue weighted by Crippen LogP contribution is 2.18. The first-order chi connectivity index (χ1) is 7.66. The van der Waals surface area contributed by atoms with E-state index in [1.54, 1.807) is 11.3 Å². The van der Waals surface area contributed by atoms with E-state index in [1.165, 1.54) is 4.88 Å². The Labute approximate surface area is 99.5 Å². The second-order valence-electron chi connectivity index (χ2n) is 3.87. The lowest BCUT2D eigenvalue weighted by Gasteiger charge is -2.09. The predicted molar refractivity (Wildman–Crippen MR) is 65.6 cm³/mol. The molecule has 0 saturated carbocycles. The van der Waals surface area contributed by atoms with Gasteiger partial charge >= 0.3 is 0 Å². The summed E-state index contributed by atoms with van der Waals surface area (Å²) in [6.45, 7) is 6.72. The zero-order chi connectivity index (χ0) is 11.5. The topological polar surface area (TPSA) is 38.1 Å². The molecule has 0 unspecified atom stereocenters. The number of hydrogen-bond donors (Lipinski definition) is 1. The average molecular weight is 236 g/mol. The van der Waals surface area contributed by atoms with E-state index in [0.29, 0.717) is 12.6 Å². The van der Waals surface area contributed by atoms with Crippen LogP contribution in [-0.2, 0) is 6.54 Å². The van der Waals surface area contributed by atoms with Crippen LogP contribution in [0, 0.1) is 13.8 Å². The van der Waals surface area contributed by atoms with E-state index < -0.39 is 0 Å². The third kappa shape index (κ3) is 2.51. The summed E-state index contributed by atoms with van der Waals surface area (Å²) < 4.78 is 5.51. The van der Waals surface area contributed by atoms with Gasteiger partial charge in [-0.05, 0) is 32.2 Å². The van der Waals surface area contributed by atoms with Gasteiger partial charge in [0, 0.05) is 10.9 Å². The summed E-state index contributed by atoms with van der Waals surface area (Å²) >= 11 is 1.76. The van der Waals surface area contributed by atoms with Gasteiger partial charge in [-0.1, -0.05) is 6.07 Å². The number of hydrogen-bond acceptors (Lipinski definition) is 4. The van der Waals surface area contributed by atoms with E-state index >= 15 is 0 Å². The minimum absolute atomic E-state index is 0.340. The fourth-order valence-corrected chi connectivity index (χ4v) is 2.25. The van der Waals surface area contributed by atoms with E-state index in [9.17, 15) is 0 Å². The Morgan fingerprint density at radius 3 is 2.88 bits per heavy atom. The molecule has 0 fully saturated rings. The zero-order valence-corrected chi connectivity index (χ0v) is 10.6. The Morgan fingerprint density at radius 2 is 2.31 bits per heavy atom. The summed E-state index contributed by atoms with van der Waals surface area (Å²) in [6, 6.07) is 4.54. The van der Waals surface area contributed by atoms with Crippen molar-refractivity contribution in [3.63, 3.8) is 0 Å². The molecule has 0 bridgehead atoms. The van der Waals surface area contributed by atoms with Gasteiger partial charge in [-0.15, -0.1) is 11.3 Å². The highest BCUT2D eigenvalue weighted by atomic mass is 32.1. The smallest absolute Gasteiger partial charge is 0.208 e. The molecular formula is C12H16N2OS. The summed E-state index contributed by atoms with van der Waals surface area (Å²) in [4.78, 5) is 5.67. The number of aromatic nitrogens is 1. The first kappa shape index (κ1) is 11.4. The summed E-state index contributed by atoms with van der Waals surface area (Å²) in [5.74, 6) is 1.67. The first-order valence-electron chi connectivity index (χ1n) is 5.36. The van der Waals surface area contributed by atoms with Gasteiger partial charge in [0.1, 0.15) is 5.76 Å². The first-order valence-corrected chi connectivity index (χ1v) is 6.24. The maximum Gasteiger partial charge on any atom is 0.208 e. The summed E-state index contributed by atoms with van der Waals surface area (Å²) in [5, 5.41) is 5.49. The number of nitrogens with one attached hydrogen (secondary N) is 1. The molecule has 0 radical (unpaired) electrons. The molecule has 1 atom stereocenters. The lowest BCUT2D eigenvalue weighted by atomic mass is 10.3. The van der Waals surface area contributed by atoms with E-state index in [-0.39, 0.29) is 0 Å². The van der Waals surface area contributed by atoms with Gasteiger partial charge in [-0.25, -0.2) is 4.98 Å². The number of aryl methyl sites for hydroxylation is 2. The second-order valence-corrected chi connectivity index (χ2v) is 4.85. The molecule has 3 nitrogen and oxygen atoms in total. The molecule has 0 aliphatic carbocycles. The summed E-state index contributed by atoms with van der Waals surface area (Å²) in [7, 11) is 0. The Bertz CT molecular complexity index is 428. The SMILES string of the molecule is Cc1nc(CN[C@@H](C)c2cccs2)oc1C. The highest BCUT2D eigenvalue weighted by molar-refractivity contribution is 7.10. The van der Waals surface area contributed by atoms with Crippen molar-refractivity contribution in [2.24, 2.45) is 0 Å². The molecule has 4 heteroatoms. The van der Waals surface area contributed by atoms with E-state index in [4.69, 9.17) is 4.42 Å². The normalized spacial score (nSPS) is 12.9. The van der Waals surface area contributed by atoms with E-state index in [1.807, 2.05) is 13.8 Å². The highest BCUT2D eigenvalue weighted by Gasteiger charge is 2.09. The molecule has 2 aromatic heterocycles. The molecule has 2 rings (SSSR count). The van der Waals surface area contributed by atoms with Crippen LogP contribution in [0.5, 0.6) is 0 Å². The third-order valence-electron chi connectivity index (χ3n) is 2.60. The minimum atomic E-state index is 0.340. The molecule has 0 spiro atoms. The quantitative estimate of drug-likeness (QED) is 0.885. The van der Waals surface area contributed by atoms with Crippen LogP contribution in [0.1, 0.15) is 35.2 Å². The molecule has 0 aromatic carbocycles. The fourth-order valence-electron chi connectivity index (χ4n) is 1.49. The molecule has 1 N–H and O–H groups in total. The lowest BCUT2D eigenvalue weighted by Crippen LogP contribution is -2.17. The molecule has 0 saturated heterocycles. The molecule has 0 amide bonds. The second kappa shape index (κ2) is 4.80. The predicted octanol–water partition coefficient (Wildman–Crippen LogP) is 3.20. The van der Waals surface area contributed by atoms with Crippen LogP contribution in [0.25, 0.3) is 0 Å². The van der Waals surface area contributed by atoms with Crippen molar-refractivity contribution in [1.29, 1.82) is 0 Å². The monoisotopic (exact) mass is 236 g/mol. The Kier molecular flexibility index (Phi) is 3.41. The van der Waals surface area contributed by atoms with Gasteiger partial charge in [-0.3, -0.25) is 0 Å². The minimum Gasteiger partial charge on any atom is -0.444 e. The van der Waals surface area contributed by atoms with Gasteiger partial charge in [0.15, 0.2) is 0 Å². The number of oxazole rings is 1. The summed E-state index contributed by atoms with van der Waals surface area (Å²) in [5.41, 5.74) is 0.973. The van der Waals surface area contributed by atoms with Crippen molar-refractivity contribution in [3.8, 4) is 0 Å². The van der Waals surface area contributed by atoms with E-state index in [2.05, 4.69) is 34.7 Å². The zero-order valence-electron chi connectivity index (χ0n) is 9.78. The van der Waals surface area contributed by atoms with Crippen molar-refractivity contribution in [1.82, 2.24) is 10.3 Å². The largest absolute Gasteiger partial charge is 0.444 e. The van der Waals surface area contributed by atoms with Crippen LogP contribution in [0.15, 0.2) is 21.9 Å². The van der Waals surface area contributed by atoms with Crippen LogP contribution < -0.4 is 5.32 Å². The molecule has 0 aliphatic rings. The van der Waals surface area contributed by atoms with Crippen molar-refractivity contribution < 1.29 is 4.42 Å². The lowest BCUT2D eigenvalue weighted by molar-refractivity contribution is 0.433. The van der Waals surface area contributed by atoms with Gasteiger partial charge in [0.05, 0.1) is 12.2 Å². The van der Waals surface area contributed by atoms with Crippen molar-refractivity contribution in [2.45, 2.75) is 33.4 Å². The Morgan fingerprint density at radius 1 is 1.50 bits per heavy atom. The molecule has 16 heavy (non-hydrogen) atoms. The molecule has 2 heterocycles. The average Bonchev–Trinajstić information content (AvgIpc) is 2.86. The van der Waals surface area contributed by atoms with Crippen LogP contribution in [0.2, 0.25) is 0 Å². The maximum absolute atomic E-state index is 5.51. The Balaban J connectivity index is 1.92. The number of thiophene rings is 1. The van der Waals surface area contributed by atoms with Crippen LogP contribution in [0.3, 0.4) is 0 Å². The number of rotatable bonds is 4. The molecule has 86 valence electrons. The van der Waals surface area contributed by atoms with Crippen LogP contribution in [-0.4, -0.2) is 4.98 Å².